The van der Waals surface area contributed by atoms with Crippen LogP contribution in [0.15, 0.2) is 0 Å². The highest BCUT2D eigenvalue weighted by molar-refractivity contribution is 4.90. The van der Waals surface area contributed by atoms with Gasteiger partial charge < -0.3 is 10.0 Å². The standard InChI is InChI=1S/C16H31NO/c1-12-7-9-17(13(2)10-12)11-14-6-5-8-16(3,4)15(14)18/h12-15,18H,5-11H2,1-4H3. The summed E-state index contributed by atoms with van der Waals surface area (Å²) in [6, 6.07) is 0.700. The van der Waals surface area contributed by atoms with Gasteiger partial charge in [0, 0.05) is 12.6 Å². The summed E-state index contributed by atoms with van der Waals surface area (Å²) in [7, 11) is 0. The Bertz CT molecular complexity index is 276. The van der Waals surface area contributed by atoms with Gasteiger partial charge in [-0.25, -0.2) is 0 Å². The normalized spacial score (nSPS) is 41.8. The highest BCUT2D eigenvalue weighted by Gasteiger charge is 2.39. The van der Waals surface area contributed by atoms with Gasteiger partial charge in [-0.2, -0.15) is 0 Å². The second-order valence-corrected chi connectivity index (χ2v) is 7.56. The topological polar surface area (TPSA) is 23.5 Å². The van der Waals surface area contributed by atoms with Crippen molar-refractivity contribution < 1.29 is 5.11 Å². The third-order valence-corrected chi connectivity index (χ3v) is 5.39. The molecule has 0 spiro atoms. The second-order valence-electron chi connectivity index (χ2n) is 7.56. The highest BCUT2D eigenvalue weighted by Crippen LogP contribution is 2.39. The van der Waals surface area contributed by atoms with Crippen LogP contribution in [-0.4, -0.2) is 35.2 Å². The molecule has 2 heteroatoms. The number of aliphatic hydroxyl groups is 1. The van der Waals surface area contributed by atoms with Gasteiger partial charge in [-0.1, -0.05) is 27.2 Å². The van der Waals surface area contributed by atoms with E-state index in [4.69, 9.17) is 0 Å². The van der Waals surface area contributed by atoms with E-state index in [1.165, 1.54) is 38.6 Å². The maximum atomic E-state index is 10.5. The van der Waals surface area contributed by atoms with Gasteiger partial charge in [-0.05, 0) is 56.4 Å². The zero-order valence-corrected chi connectivity index (χ0v) is 12.7. The molecule has 2 rings (SSSR count). The van der Waals surface area contributed by atoms with Gasteiger partial charge in [0.15, 0.2) is 0 Å². The Morgan fingerprint density at radius 3 is 2.61 bits per heavy atom. The molecule has 1 aliphatic carbocycles. The van der Waals surface area contributed by atoms with E-state index >= 15 is 0 Å². The van der Waals surface area contributed by atoms with Crippen molar-refractivity contribution in [2.75, 3.05) is 13.1 Å². The van der Waals surface area contributed by atoms with Crippen LogP contribution >= 0.6 is 0 Å². The summed E-state index contributed by atoms with van der Waals surface area (Å²) in [4.78, 5) is 2.62. The van der Waals surface area contributed by atoms with Crippen LogP contribution in [0.1, 0.15) is 59.8 Å². The van der Waals surface area contributed by atoms with Crippen molar-refractivity contribution in [3.8, 4) is 0 Å². The minimum Gasteiger partial charge on any atom is -0.392 e. The third kappa shape index (κ3) is 3.08. The Morgan fingerprint density at radius 2 is 1.94 bits per heavy atom. The Balaban J connectivity index is 1.92. The van der Waals surface area contributed by atoms with E-state index in [1.807, 2.05) is 0 Å². The van der Waals surface area contributed by atoms with Gasteiger partial charge in [0.05, 0.1) is 6.10 Å². The fourth-order valence-corrected chi connectivity index (χ4v) is 3.98. The van der Waals surface area contributed by atoms with E-state index in [1.54, 1.807) is 0 Å². The smallest absolute Gasteiger partial charge is 0.0631 e. The maximum Gasteiger partial charge on any atom is 0.0631 e. The second kappa shape index (κ2) is 5.50. The van der Waals surface area contributed by atoms with Crippen molar-refractivity contribution >= 4 is 0 Å². The first-order chi connectivity index (χ1) is 8.40. The number of rotatable bonds is 2. The van der Waals surface area contributed by atoms with E-state index < -0.39 is 0 Å². The average molecular weight is 253 g/mol. The van der Waals surface area contributed by atoms with E-state index in [0.717, 1.165) is 12.5 Å². The van der Waals surface area contributed by atoms with E-state index in [0.29, 0.717) is 12.0 Å². The molecular weight excluding hydrogens is 222 g/mol. The molecule has 0 radical (unpaired) electrons. The van der Waals surface area contributed by atoms with Crippen LogP contribution in [0.4, 0.5) is 0 Å². The fourth-order valence-electron chi connectivity index (χ4n) is 3.98. The summed E-state index contributed by atoms with van der Waals surface area (Å²) in [6.45, 7) is 11.5. The molecule has 4 unspecified atom stereocenters. The first kappa shape index (κ1) is 14.3. The number of aliphatic hydroxyl groups excluding tert-OH is 1. The molecule has 18 heavy (non-hydrogen) atoms. The quantitative estimate of drug-likeness (QED) is 0.816. The third-order valence-electron chi connectivity index (χ3n) is 5.39. The molecule has 1 saturated heterocycles. The molecule has 2 aliphatic rings. The van der Waals surface area contributed by atoms with Crippen LogP contribution < -0.4 is 0 Å². The van der Waals surface area contributed by atoms with Gasteiger partial charge in [0.1, 0.15) is 0 Å². The Labute approximate surface area is 113 Å². The Morgan fingerprint density at radius 1 is 1.22 bits per heavy atom. The number of likely N-dealkylation sites (tertiary alicyclic amines) is 1. The first-order valence-electron chi connectivity index (χ1n) is 7.82. The molecule has 106 valence electrons. The molecule has 0 aromatic heterocycles. The van der Waals surface area contributed by atoms with E-state index in [9.17, 15) is 5.11 Å². The lowest BCUT2D eigenvalue weighted by atomic mass is 9.69. The highest BCUT2D eigenvalue weighted by atomic mass is 16.3. The van der Waals surface area contributed by atoms with Crippen LogP contribution in [0.2, 0.25) is 0 Å². The Hall–Kier alpha value is -0.0800. The van der Waals surface area contributed by atoms with Gasteiger partial charge in [-0.15, -0.1) is 0 Å². The minimum atomic E-state index is -0.113. The molecular formula is C16H31NO. The molecule has 0 aromatic rings. The van der Waals surface area contributed by atoms with Crippen molar-refractivity contribution in [1.29, 1.82) is 0 Å². The minimum absolute atomic E-state index is 0.113. The van der Waals surface area contributed by atoms with E-state index in [-0.39, 0.29) is 11.5 Å². The van der Waals surface area contributed by atoms with Crippen molar-refractivity contribution in [3.63, 3.8) is 0 Å². The zero-order chi connectivity index (χ0) is 13.3. The van der Waals surface area contributed by atoms with Gasteiger partial charge in [0.2, 0.25) is 0 Å². The predicted octanol–water partition coefficient (Wildman–Crippen LogP) is 3.29. The molecule has 1 aliphatic heterocycles. The molecule has 0 amide bonds. The van der Waals surface area contributed by atoms with Crippen LogP contribution in [0, 0.1) is 17.3 Å². The van der Waals surface area contributed by atoms with Crippen LogP contribution in [0.5, 0.6) is 0 Å². The zero-order valence-electron chi connectivity index (χ0n) is 12.7. The summed E-state index contributed by atoms with van der Waals surface area (Å²) in [5.74, 6) is 1.37. The summed E-state index contributed by atoms with van der Waals surface area (Å²) in [5, 5.41) is 10.5. The molecule has 1 N–H and O–H groups in total. The van der Waals surface area contributed by atoms with E-state index in [2.05, 4.69) is 32.6 Å². The van der Waals surface area contributed by atoms with Crippen LogP contribution in [0.25, 0.3) is 0 Å². The van der Waals surface area contributed by atoms with Gasteiger partial charge in [-0.3, -0.25) is 0 Å². The Kier molecular flexibility index (Phi) is 4.38. The molecule has 1 heterocycles. The molecule has 2 fully saturated rings. The number of nitrogens with zero attached hydrogens (tertiary/aromatic N) is 1. The molecule has 2 nitrogen and oxygen atoms in total. The molecule has 4 atom stereocenters. The summed E-state index contributed by atoms with van der Waals surface area (Å²) in [5.41, 5.74) is 0.120. The number of piperidine rings is 1. The van der Waals surface area contributed by atoms with Gasteiger partial charge >= 0.3 is 0 Å². The van der Waals surface area contributed by atoms with Crippen LogP contribution in [0.3, 0.4) is 0 Å². The monoisotopic (exact) mass is 253 g/mol. The predicted molar refractivity (Wildman–Crippen MR) is 76.6 cm³/mol. The summed E-state index contributed by atoms with van der Waals surface area (Å²) in [6.07, 6.45) is 6.22. The number of hydrogen-bond donors (Lipinski definition) is 1. The van der Waals surface area contributed by atoms with Crippen molar-refractivity contribution in [2.45, 2.75) is 71.9 Å². The lowest BCUT2D eigenvalue weighted by Crippen LogP contribution is -2.49. The SMILES string of the molecule is CC1CCN(CC2CCCC(C)(C)C2O)C(C)C1. The lowest BCUT2D eigenvalue weighted by molar-refractivity contribution is -0.0502. The first-order valence-corrected chi connectivity index (χ1v) is 7.82. The molecule has 1 saturated carbocycles. The van der Waals surface area contributed by atoms with Crippen molar-refractivity contribution in [3.05, 3.63) is 0 Å². The summed E-state index contributed by atoms with van der Waals surface area (Å²) < 4.78 is 0. The van der Waals surface area contributed by atoms with Crippen molar-refractivity contribution in [2.24, 2.45) is 17.3 Å². The summed E-state index contributed by atoms with van der Waals surface area (Å²) >= 11 is 0. The molecule has 0 aromatic carbocycles. The van der Waals surface area contributed by atoms with Crippen LogP contribution in [-0.2, 0) is 0 Å². The molecule has 0 bridgehead atoms. The fraction of sp³-hybridized carbons (Fsp3) is 1.00. The maximum absolute atomic E-state index is 10.5. The van der Waals surface area contributed by atoms with Gasteiger partial charge in [0.25, 0.3) is 0 Å². The number of hydrogen-bond acceptors (Lipinski definition) is 2. The lowest BCUT2D eigenvalue weighted by Gasteiger charge is -2.45. The van der Waals surface area contributed by atoms with Crippen molar-refractivity contribution in [1.82, 2.24) is 4.90 Å². The average Bonchev–Trinajstić information content (AvgIpc) is 2.28. The largest absolute Gasteiger partial charge is 0.392 e.